The molecular weight excluding hydrogens is 262 g/mol. The molecule has 0 saturated heterocycles. The standard InChI is InChI=1S/C14H26BrN/c1-4-6-7-8-9-10-11-14(5-2)16-12-13(3)15/h3-12H2,1-2H3. The molecule has 0 aliphatic heterocycles. The Kier molecular flexibility index (Phi) is 11.3. The van der Waals surface area contributed by atoms with Crippen LogP contribution in [-0.2, 0) is 0 Å². The molecule has 0 aromatic rings. The zero-order chi connectivity index (χ0) is 12.2. The first-order valence-electron chi connectivity index (χ1n) is 6.56. The Balaban J connectivity index is 3.55. The van der Waals surface area contributed by atoms with E-state index in [1.807, 2.05) is 0 Å². The SMILES string of the molecule is C=C(Br)CN=C(CC)CCCCCCCC. The largest absolute Gasteiger partial charge is 0.289 e. The summed E-state index contributed by atoms with van der Waals surface area (Å²) in [6.07, 6.45) is 10.4. The van der Waals surface area contributed by atoms with Gasteiger partial charge in [-0.25, -0.2) is 0 Å². The van der Waals surface area contributed by atoms with Crippen molar-refractivity contribution in [3.05, 3.63) is 11.1 Å². The van der Waals surface area contributed by atoms with Gasteiger partial charge in [0, 0.05) is 10.2 Å². The molecule has 0 amide bonds. The molecule has 0 radical (unpaired) electrons. The van der Waals surface area contributed by atoms with Gasteiger partial charge in [-0.05, 0) is 19.3 Å². The molecule has 0 saturated carbocycles. The lowest BCUT2D eigenvalue weighted by molar-refractivity contribution is 0.614. The average molecular weight is 288 g/mol. The first kappa shape index (κ1) is 15.9. The van der Waals surface area contributed by atoms with Gasteiger partial charge in [0.15, 0.2) is 0 Å². The van der Waals surface area contributed by atoms with Gasteiger partial charge in [0.25, 0.3) is 0 Å². The van der Waals surface area contributed by atoms with Crippen molar-refractivity contribution in [3.63, 3.8) is 0 Å². The van der Waals surface area contributed by atoms with Crippen LogP contribution in [0.3, 0.4) is 0 Å². The summed E-state index contributed by atoms with van der Waals surface area (Å²) >= 11 is 3.34. The van der Waals surface area contributed by atoms with Crippen molar-refractivity contribution in [2.45, 2.75) is 65.2 Å². The maximum atomic E-state index is 4.55. The van der Waals surface area contributed by atoms with E-state index in [2.05, 4.69) is 41.3 Å². The van der Waals surface area contributed by atoms with Crippen molar-refractivity contribution in [1.29, 1.82) is 0 Å². The Hall–Kier alpha value is -0.110. The highest BCUT2D eigenvalue weighted by molar-refractivity contribution is 9.11. The molecule has 0 aliphatic rings. The van der Waals surface area contributed by atoms with Crippen LogP contribution >= 0.6 is 15.9 Å². The van der Waals surface area contributed by atoms with Gasteiger partial charge in [-0.15, -0.1) is 0 Å². The number of nitrogens with zero attached hydrogens (tertiary/aromatic N) is 1. The average Bonchev–Trinajstić information content (AvgIpc) is 2.27. The van der Waals surface area contributed by atoms with Gasteiger partial charge in [-0.1, -0.05) is 68.5 Å². The monoisotopic (exact) mass is 287 g/mol. The van der Waals surface area contributed by atoms with Gasteiger partial charge in [0.2, 0.25) is 0 Å². The van der Waals surface area contributed by atoms with Crippen LogP contribution in [0.2, 0.25) is 0 Å². The van der Waals surface area contributed by atoms with Crippen LogP contribution in [0.1, 0.15) is 65.2 Å². The van der Waals surface area contributed by atoms with Gasteiger partial charge in [0.05, 0.1) is 6.54 Å². The van der Waals surface area contributed by atoms with E-state index >= 15 is 0 Å². The van der Waals surface area contributed by atoms with Crippen molar-refractivity contribution < 1.29 is 0 Å². The third-order valence-electron chi connectivity index (χ3n) is 2.70. The lowest BCUT2D eigenvalue weighted by Gasteiger charge is -2.04. The Morgan fingerprint density at radius 3 is 2.25 bits per heavy atom. The van der Waals surface area contributed by atoms with Gasteiger partial charge in [-0.3, -0.25) is 4.99 Å². The summed E-state index contributed by atoms with van der Waals surface area (Å²) < 4.78 is 0.974. The van der Waals surface area contributed by atoms with Gasteiger partial charge in [-0.2, -0.15) is 0 Å². The first-order chi connectivity index (χ1) is 7.70. The normalized spacial score (nSPS) is 11.8. The summed E-state index contributed by atoms with van der Waals surface area (Å²) in [7, 11) is 0. The molecule has 0 aromatic heterocycles. The minimum Gasteiger partial charge on any atom is -0.289 e. The number of hydrogen-bond donors (Lipinski definition) is 0. The summed E-state index contributed by atoms with van der Waals surface area (Å²) in [5, 5.41) is 0. The fraction of sp³-hybridized carbons (Fsp3) is 0.786. The second kappa shape index (κ2) is 11.4. The van der Waals surface area contributed by atoms with Crippen LogP contribution in [0.4, 0.5) is 0 Å². The molecule has 0 N–H and O–H groups in total. The minimum absolute atomic E-state index is 0.735. The molecule has 94 valence electrons. The van der Waals surface area contributed by atoms with E-state index in [4.69, 9.17) is 0 Å². The van der Waals surface area contributed by atoms with Crippen LogP contribution in [0, 0.1) is 0 Å². The predicted octanol–water partition coefficient (Wildman–Crippen LogP) is 5.50. The fourth-order valence-corrected chi connectivity index (χ4v) is 1.80. The van der Waals surface area contributed by atoms with Crippen LogP contribution in [0.5, 0.6) is 0 Å². The van der Waals surface area contributed by atoms with E-state index in [0.29, 0.717) is 0 Å². The molecule has 2 heteroatoms. The molecule has 0 heterocycles. The second-order valence-corrected chi connectivity index (χ2v) is 5.39. The predicted molar refractivity (Wildman–Crippen MR) is 78.7 cm³/mol. The molecule has 16 heavy (non-hydrogen) atoms. The quantitative estimate of drug-likeness (QED) is 0.372. The lowest BCUT2D eigenvalue weighted by atomic mass is 10.1. The Morgan fingerprint density at radius 1 is 1.06 bits per heavy atom. The third-order valence-corrected chi connectivity index (χ3v) is 2.95. The van der Waals surface area contributed by atoms with Crippen molar-refractivity contribution >= 4 is 21.6 Å². The fourth-order valence-electron chi connectivity index (χ4n) is 1.67. The lowest BCUT2D eigenvalue weighted by Crippen LogP contribution is -1.98. The molecular formula is C14H26BrN. The number of unbranched alkanes of at least 4 members (excludes halogenated alkanes) is 5. The minimum atomic E-state index is 0.735. The Morgan fingerprint density at radius 2 is 1.69 bits per heavy atom. The molecule has 0 aliphatic carbocycles. The smallest absolute Gasteiger partial charge is 0.0698 e. The highest BCUT2D eigenvalue weighted by Crippen LogP contribution is 2.09. The Bertz CT molecular complexity index is 209. The van der Waals surface area contributed by atoms with E-state index in [-0.39, 0.29) is 0 Å². The molecule has 0 aromatic carbocycles. The molecule has 0 atom stereocenters. The van der Waals surface area contributed by atoms with Crippen LogP contribution in [-0.4, -0.2) is 12.3 Å². The molecule has 0 spiro atoms. The van der Waals surface area contributed by atoms with Crippen LogP contribution in [0.15, 0.2) is 16.1 Å². The third kappa shape index (κ3) is 10.4. The van der Waals surface area contributed by atoms with E-state index in [1.54, 1.807) is 0 Å². The van der Waals surface area contributed by atoms with Crippen molar-refractivity contribution in [3.8, 4) is 0 Å². The van der Waals surface area contributed by atoms with Gasteiger partial charge in [0.1, 0.15) is 0 Å². The first-order valence-corrected chi connectivity index (χ1v) is 7.35. The van der Waals surface area contributed by atoms with E-state index in [0.717, 1.165) is 17.4 Å². The molecule has 0 fully saturated rings. The van der Waals surface area contributed by atoms with E-state index < -0.39 is 0 Å². The highest BCUT2D eigenvalue weighted by Gasteiger charge is 1.97. The summed E-state index contributed by atoms with van der Waals surface area (Å²) in [6.45, 7) is 8.98. The van der Waals surface area contributed by atoms with Crippen molar-refractivity contribution in [1.82, 2.24) is 0 Å². The number of halogens is 1. The van der Waals surface area contributed by atoms with Crippen molar-refractivity contribution in [2.75, 3.05) is 6.54 Å². The van der Waals surface area contributed by atoms with E-state index in [9.17, 15) is 0 Å². The summed E-state index contributed by atoms with van der Waals surface area (Å²) in [5.74, 6) is 0. The zero-order valence-electron chi connectivity index (χ0n) is 10.9. The van der Waals surface area contributed by atoms with E-state index in [1.165, 1.54) is 50.7 Å². The molecule has 0 bridgehead atoms. The highest BCUT2D eigenvalue weighted by atomic mass is 79.9. The van der Waals surface area contributed by atoms with Crippen LogP contribution in [0.25, 0.3) is 0 Å². The zero-order valence-corrected chi connectivity index (χ0v) is 12.5. The van der Waals surface area contributed by atoms with Gasteiger partial charge < -0.3 is 0 Å². The number of hydrogen-bond acceptors (Lipinski definition) is 1. The summed E-state index contributed by atoms with van der Waals surface area (Å²) in [4.78, 5) is 4.55. The second-order valence-electron chi connectivity index (χ2n) is 4.27. The molecule has 0 rings (SSSR count). The topological polar surface area (TPSA) is 12.4 Å². The summed E-state index contributed by atoms with van der Waals surface area (Å²) in [5.41, 5.74) is 1.34. The van der Waals surface area contributed by atoms with Crippen molar-refractivity contribution in [2.24, 2.45) is 4.99 Å². The number of aliphatic imine (C=N–C) groups is 1. The molecule has 0 unspecified atom stereocenters. The maximum Gasteiger partial charge on any atom is 0.0698 e. The molecule has 1 nitrogen and oxygen atoms in total. The summed E-state index contributed by atoms with van der Waals surface area (Å²) in [6, 6.07) is 0. The number of rotatable bonds is 10. The Labute approximate surface area is 110 Å². The van der Waals surface area contributed by atoms with Gasteiger partial charge >= 0.3 is 0 Å². The maximum absolute atomic E-state index is 4.55. The van der Waals surface area contributed by atoms with Crippen LogP contribution < -0.4 is 0 Å².